The van der Waals surface area contributed by atoms with Gasteiger partial charge in [-0.05, 0) is 73.0 Å². The van der Waals surface area contributed by atoms with Gasteiger partial charge in [-0.3, -0.25) is 0 Å². The van der Waals surface area contributed by atoms with Crippen molar-refractivity contribution in [3.8, 4) is 0 Å². The Balaban J connectivity index is 1.61. The van der Waals surface area contributed by atoms with Crippen molar-refractivity contribution >= 4 is 92.8 Å². The van der Waals surface area contributed by atoms with Crippen LogP contribution in [0.5, 0.6) is 0 Å². The summed E-state index contributed by atoms with van der Waals surface area (Å²) >= 11 is 56.8. The van der Waals surface area contributed by atoms with Gasteiger partial charge in [0.1, 0.15) is 0 Å². The zero-order valence-electron chi connectivity index (χ0n) is 20.7. The van der Waals surface area contributed by atoms with Crippen LogP contribution in [0, 0.1) is 43.3 Å². The molecule has 0 aromatic heterocycles. The molecule has 0 saturated heterocycles. The Labute approximate surface area is 253 Å². The van der Waals surface area contributed by atoms with E-state index in [1.54, 1.807) is 0 Å². The van der Waals surface area contributed by atoms with E-state index in [4.69, 9.17) is 92.8 Å². The molecule has 0 radical (unpaired) electrons. The summed E-state index contributed by atoms with van der Waals surface area (Å²) in [4.78, 5) is 0. The maximum absolute atomic E-state index is 7.35. The van der Waals surface area contributed by atoms with E-state index in [0.29, 0.717) is 40.3 Å². The summed E-state index contributed by atoms with van der Waals surface area (Å²) in [5.74, 6) is 0. The summed E-state index contributed by atoms with van der Waals surface area (Å²) in [6.45, 7) is 9.62. The normalized spacial score (nSPS) is 57.0. The lowest BCUT2D eigenvalue weighted by Crippen LogP contribution is -2.50. The van der Waals surface area contributed by atoms with E-state index < -0.39 is 0 Å². The number of allylic oxidation sites excluding steroid dienone is 8. The summed E-state index contributed by atoms with van der Waals surface area (Å²) in [6, 6.07) is 0. The third-order valence-electron chi connectivity index (χ3n) is 13.1. The van der Waals surface area contributed by atoms with E-state index >= 15 is 0 Å². The number of hydrogen-bond donors (Lipinski definition) is 0. The second-order valence-corrected chi connectivity index (χ2v) is 17.5. The van der Waals surface area contributed by atoms with Gasteiger partial charge in [0.25, 0.3) is 0 Å². The van der Waals surface area contributed by atoms with Crippen molar-refractivity contribution in [3.63, 3.8) is 0 Å². The van der Waals surface area contributed by atoms with Crippen LogP contribution < -0.4 is 0 Å². The summed E-state index contributed by atoms with van der Waals surface area (Å²) in [7, 11) is 0. The molecular formula is C28H28Cl8. The highest BCUT2D eigenvalue weighted by atomic mass is 35.5. The highest BCUT2D eigenvalue weighted by Gasteiger charge is 2.84. The number of halogens is 8. The molecule has 0 amide bonds. The van der Waals surface area contributed by atoms with Crippen molar-refractivity contribution in [1.82, 2.24) is 0 Å². The van der Waals surface area contributed by atoms with Gasteiger partial charge >= 0.3 is 0 Å². The zero-order chi connectivity index (χ0) is 26.3. The third-order valence-corrected chi connectivity index (χ3v) is 17.4. The number of rotatable bonds is 0. The van der Waals surface area contributed by atoms with E-state index in [2.05, 4.69) is 27.7 Å². The number of hydrogen-bond acceptors (Lipinski definition) is 0. The monoisotopic (exact) mass is 644 g/mol. The minimum absolute atomic E-state index is 0.0775. The molecule has 0 nitrogen and oxygen atoms in total. The van der Waals surface area contributed by atoms with E-state index in [9.17, 15) is 0 Å². The summed E-state index contributed by atoms with van der Waals surface area (Å²) in [5, 5.41) is 4.50. The maximum atomic E-state index is 7.35. The Kier molecular flexibility index (Phi) is 4.97. The van der Waals surface area contributed by atoms with Gasteiger partial charge in [-0.1, -0.05) is 121 Å². The van der Waals surface area contributed by atoms with Crippen molar-refractivity contribution in [2.75, 3.05) is 0 Å². The Morgan fingerprint density at radius 2 is 0.472 bits per heavy atom. The first-order chi connectivity index (χ1) is 16.4. The van der Waals surface area contributed by atoms with Gasteiger partial charge in [0.05, 0.1) is 20.1 Å². The molecule has 0 heterocycles. The van der Waals surface area contributed by atoms with Crippen LogP contribution in [0.1, 0.15) is 79.1 Å². The van der Waals surface area contributed by atoms with E-state index in [-0.39, 0.29) is 43.3 Å². The van der Waals surface area contributed by atoms with Crippen LogP contribution in [-0.2, 0) is 0 Å². The van der Waals surface area contributed by atoms with Gasteiger partial charge < -0.3 is 0 Å². The highest BCUT2D eigenvalue weighted by Crippen LogP contribution is 2.92. The van der Waals surface area contributed by atoms with Crippen LogP contribution in [0.25, 0.3) is 0 Å². The van der Waals surface area contributed by atoms with Crippen LogP contribution in [-0.4, -0.2) is 0 Å². The zero-order valence-corrected chi connectivity index (χ0v) is 26.7. The average Bonchev–Trinajstić information content (AvgIpc) is 3.34. The van der Waals surface area contributed by atoms with E-state index in [1.165, 1.54) is 0 Å². The predicted octanol–water partition coefficient (Wildman–Crippen LogP) is 11.9. The highest BCUT2D eigenvalue weighted by molar-refractivity contribution is 6.52. The second-order valence-electron chi connectivity index (χ2n) is 14.5. The molecule has 0 bridgehead atoms. The van der Waals surface area contributed by atoms with Crippen molar-refractivity contribution in [2.45, 2.75) is 79.1 Å². The molecule has 0 aliphatic heterocycles. The molecule has 0 N–H and O–H groups in total. The molecule has 0 aromatic carbocycles. The molecule has 6 rings (SSSR count). The lowest BCUT2D eigenvalue weighted by atomic mass is 9.49. The molecule has 6 aliphatic carbocycles. The first-order valence-electron chi connectivity index (χ1n) is 12.7. The lowest BCUT2D eigenvalue weighted by Gasteiger charge is -2.58. The SMILES string of the molecule is CC12CC34CC1(C)CC1(C2)C(Cl)=C(Cl)C(Cl)=C(Cl)C12CC1(C)CC3(CC1(C)C2)C(Cl)=C(Cl)C(Cl)=C4Cl. The Morgan fingerprint density at radius 3 is 0.611 bits per heavy atom. The van der Waals surface area contributed by atoms with Gasteiger partial charge in [0.2, 0.25) is 0 Å². The molecule has 0 atom stereocenters. The van der Waals surface area contributed by atoms with Crippen molar-refractivity contribution in [1.29, 1.82) is 0 Å². The fourth-order valence-corrected chi connectivity index (χ4v) is 14.5. The van der Waals surface area contributed by atoms with Crippen molar-refractivity contribution < 1.29 is 0 Å². The largest absolute Gasteiger partial charge is 0.0868 e. The third kappa shape index (κ3) is 2.33. The lowest BCUT2D eigenvalue weighted by molar-refractivity contribution is 0.0169. The Bertz CT molecular complexity index is 1080. The molecule has 4 fully saturated rings. The van der Waals surface area contributed by atoms with Gasteiger partial charge in [0, 0.05) is 41.8 Å². The molecule has 4 saturated carbocycles. The van der Waals surface area contributed by atoms with Crippen molar-refractivity contribution in [3.05, 3.63) is 40.3 Å². The molecule has 36 heavy (non-hydrogen) atoms. The number of fused-ring (bicyclic) bond motifs is 4. The minimum Gasteiger partial charge on any atom is -0.0868 e. The molecule has 6 aliphatic rings. The van der Waals surface area contributed by atoms with Gasteiger partial charge in [-0.25, -0.2) is 0 Å². The Hall–Kier alpha value is 1.28. The van der Waals surface area contributed by atoms with Gasteiger partial charge in [0.15, 0.2) is 0 Å². The topological polar surface area (TPSA) is 0 Å². The van der Waals surface area contributed by atoms with Crippen LogP contribution in [0.15, 0.2) is 40.3 Å². The first kappa shape index (κ1) is 26.2. The standard InChI is InChI=1S/C28H28Cl8/c1-21-5-25-7-22(21,2)8-26(6-21)18(34)14(30)16(32)20(36)28(26)10-23(3)9-27(25,11-24(23,4)12-28)19(35)15(31)13(29)17(25)33/h5-12H2,1-4H3. The van der Waals surface area contributed by atoms with Gasteiger partial charge in [-0.2, -0.15) is 0 Å². The molecule has 0 aromatic rings. The fraction of sp³-hybridized carbons (Fsp3) is 0.714. The fourth-order valence-electron chi connectivity index (χ4n) is 11.6. The average molecular weight is 648 g/mol. The minimum atomic E-state index is -0.367. The first-order valence-corrected chi connectivity index (χ1v) is 15.7. The van der Waals surface area contributed by atoms with E-state index in [1.807, 2.05) is 0 Å². The molecule has 4 spiro atoms. The summed E-state index contributed by atoms with van der Waals surface area (Å²) < 4.78 is 0. The molecule has 8 heteroatoms. The van der Waals surface area contributed by atoms with E-state index in [0.717, 1.165) is 51.4 Å². The predicted molar refractivity (Wildman–Crippen MR) is 154 cm³/mol. The molecule has 196 valence electrons. The summed E-state index contributed by atoms with van der Waals surface area (Å²) in [6.07, 6.45) is 7.05. The van der Waals surface area contributed by atoms with Crippen LogP contribution >= 0.6 is 92.8 Å². The second kappa shape index (κ2) is 6.84. The van der Waals surface area contributed by atoms with Crippen LogP contribution in [0.2, 0.25) is 0 Å². The maximum Gasteiger partial charge on any atom is 0.0755 e. The summed E-state index contributed by atoms with van der Waals surface area (Å²) in [5.41, 5.74) is -1.78. The Morgan fingerprint density at radius 1 is 0.333 bits per heavy atom. The quantitative estimate of drug-likeness (QED) is 0.245. The van der Waals surface area contributed by atoms with Crippen molar-refractivity contribution in [2.24, 2.45) is 43.3 Å². The van der Waals surface area contributed by atoms with Gasteiger partial charge in [-0.15, -0.1) is 0 Å². The molecular weight excluding hydrogens is 620 g/mol. The smallest absolute Gasteiger partial charge is 0.0755 e. The van der Waals surface area contributed by atoms with Crippen LogP contribution in [0.4, 0.5) is 0 Å². The van der Waals surface area contributed by atoms with Crippen LogP contribution in [0.3, 0.4) is 0 Å². The molecule has 0 unspecified atom stereocenters.